The van der Waals surface area contributed by atoms with Crippen LogP contribution in [0.1, 0.15) is 54.3 Å². The molecule has 0 bridgehead atoms. The highest BCUT2D eigenvalue weighted by Gasteiger charge is 2.23. The minimum absolute atomic E-state index is 0.141. The first-order valence-corrected chi connectivity index (χ1v) is 9.50. The van der Waals surface area contributed by atoms with Gasteiger partial charge in [0.05, 0.1) is 12.2 Å². The van der Waals surface area contributed by atoms with E-state index in [-0.39, 0.29) is 11.9 Å². The van der Waals surface area contributed by atoms with Gasteiger partial charge in [0.2, 0.25) is 0 Å². The van der Waals surface area contributed by atoms with Crippen LogP contribution in [0.25, 0.3) is 0 Å². The number of aromatic nitrogens is 3. The molecule has 140 valence electrons. The smallest absolute Gasteiger partial charge is 0.273 e. The number of aryl methyl sites for hydroxylation is 1. The Kier molecular flexibility index (Phi) is 6.04. The normalized spacial score (nSPS) is 18.2. The molecule has 2 heterocycles. The molecular formula is C20H29N5O. The molecule has 2 aromatic rings. The number of carbonyl (C=O) groups is 1. The van der Waals surface area contributed by atoms with Gasteiger partial charge in [-0.2, -0.15) is 0 Å². The zero-order valence-corrected chi connectivity index (χ0v) is 16.0. The summed E-state index contributed by atoms with van der Waals surface area (Å²) in [5.74, 6) is 0.278. The molecule has 1 amide bonds. The minimum atomic E-state index is -0.141. The van der Waals surface area contributed by atoms with Gasteiger partial charge in [0.15, 0.2) is 5.69 Å². The van der Waals surface area contributed by atoms with Gasteiger partial charge in [-0.1, -0.05) is 43.3 Å². The number of piperidine rings is 1. The van der Waals surface area contributed by atoms with Crippen molar-refractivity contribution in [1.82, 2.24) is 25.2 Å². The van der Waals surface area contributed by atoms with E-state index >= 15 is 0 Å². The van der Waals surface area contributed by atoms with Crippen LogP contribution in [0.3, 0.4) is 0 Å². The molecule has 1 fully saturated rings. The van der Waals surface area contributed by atoms with Gasteiger partial charge in [-0.3, -0.25) is 9.69 Å². The second kappa shape index (κ2) is 8.45. The summed E-state index contributed by atoms with van der Waals surface area (Å²) in [4.78, 5) is 14.6. The van der Waals surface area contributed by atoms with Crippen LogP contribution >= 0.6 is 0 Å². The average molecular weight is 355 g/mol. The molecular weight excluding hydrogens is 326 g/mol. The fourth-order valence-electron chi connectivity index (χ4n) is 3.37. The molecule has 3 rings (SSSR count). The van der Waals surface area contributed by atoms with Crippen molar-refractivity contribution in [3.8, 4) is 0 Å². The van der Waals surface area contributed by atoms with Crippen molar-refractivity contribution in [2.45, 2.75) is 46.2 Å². The average Bonchev–Trinajstić information content (AvgIpc) is 3.12. The Hall–Kier alpha value is -2.21. The Balaban J connectivity index is 1.61. The van der Waals surface area contributed by atoms with Gasteiger partial charge in [-0.05, 0) is 43.4 Å². The molecule has 1 atom stereocenters. The van der Waals surface area contributed by atoms with Crippen LogP contribution < -0.4 is 5.32 Å². The quantitative estimate of drug-likeness (QED) is 0.865. The van der Waals surface area contributed by atoms with Crippen LogP contribution in [-0.2, 0) is 6.54 Å². The second-order valence-electron chi connectivity index (χ2n) is 7.65. The van der Waals surface area contributed by atoms with Crippen LogP contribution in [0, 0.1) is 12.8 Å². The first kappa shape index (κ1) is 18.6. The zero-order valence-electron chi connectivity index (χ0n) is 16.0. The van der Waals surface area contributed by atoms with E-state index in [2.05, 4.69) is 65.6 Å². The predicted molar refractivity (Wildman–Crippen MR) is 102 cm³/mol. The predicted octanol–water partition coefficient (Wildman–Crippen LogP) is 2.81. The molecule has 1 aliphatic heterocycles. The van der Waals surface area contributed by atoms with Crippen molar-refractivity contribution in [2.75, 3.05) is 19.6 Å². The van der Waals surface area contributed by atoms with E-state index in [1.165, 1.54) is 11.1 Å². The first-order valence-electron chi connectivity index (χ1n) is 9.50. The van der Waals surface area contributed by atoms with Crippen molar-refractivity contribution in [2.24, 2.45) is 5.92 Å². The van der Waals surface area contributed by atoms with Crippen molar-refractivity contribution in [1.29, 1.82) is 0 Å². The lowest BCUT2D eigenvalue weighted by Crippen LogP contribution is -2.36. The van der Waals surface area contributed by atoms with Crippen molar-refractivity contribution >= 4 is 5.91 Å². The molecule has 6 heteroatoms. The van der Waals surface area contributed by atoms with Crippen molar-refractivity contribution in [3.63, 3.8) is 0 Å². The van der Waals surface area contributed by atoms with E-state index in [9.17, 15) is 4.79 Å². The van der Waals surface area contributed by atoms with Crippen molar-refractivity contribution < 1.29 is 4.79 Å². The van der Waals surface area contributed by atoms with E-state index in [0.29, 0.717) is 18.2 Å². The van der Waals surface area contributed by atoms with E-state index in [4.69, 9.17) is 0 Å². The monoisotopic (exact) mass is 355 g/mol. The Morgan fingerprint density at radius 2 is 2.15 bits per heavy atom. The summed E-state index contributed by atoms with van der Waals surface area (Å²) in [5.41, 5.74) is 3.11. The Labute approximate surface area is 155 Å². The number of hydrogen-bond donors (Lipinski definition) is 1. The van der Waals surface area contributed by atoms with Crippen LogP contribution in [0.4, 0.5) is 0 Å². The lowest BCUT2D eigenvalue weighted by molar-refractivity contribution is 0.0944. The third-order valence-electron chi connectivity index (χ3n) is 4.92. The van der Waals surface area contributed by atoms with Gasteiger partial charge in [0.1, 0.15) is 0 Å². The van der Waals surface area contributed by atoms with E-state index < -0.39 is 0 Å². The molecule has 0 radical (unpaired) electrons. The minimum Gasteiger partial charge on any atom is -0.350 e. The summed E-state index contributed by atoms with van der Waals surface area (Å²) in [7, 11) is 0. The maximum Gasteiger partial charge on any atom is 0.273 e. The summed E-state index contributed by atoms with van der Waals surface area (Å²) in [6, 6.07) is 8.82. The van der Waals surface area contributed by atoms with Crippen LogP contribution in [0.2, 0.25) is 0 Å². The summed E-state index contributed by atoms with van der Waals surface area (Å²) in [6.07, 6.45) is 3.99. The Bertz CT molecular complexity index is 739. The van der Waals surface area contributed by atoms with E-state index in [1.54, 1.807) is 6.20 Å². The number of likely N-dealkylation sites (tertiary alicyclic amines) is 1. The Morgan fingerprint density at radius 1 is 1.35 bits per heavy atom. The number of benzene rings is 1. The molecule has 1 unspecified atom stereocenters. The molecule has 0 saturated carbocycles. The van der Waals surface area contributed by atoms with E-state index in [1.807, 2.05) is 4.68 Å². The lowest BCUT2D eigenvalue weighted by atomic mass is 10.0. The SMILES string of the molecule is Cc1ccccc1CN1CCCC(n2cc(C(=O)NCC(C)C)nn2)C1. The number of amides is 1. The molecule has 1 N–H and O–H groups in total. The maximum atomic E-state index is 12.2. The topological polar surface area (TPSA) is 63.1 Å². The highest BCUT2D eigenvalue weighted by Crippen LogP contribution is 2.23. The van der Waals surface area contributed by atoms with Crippen LogP contribution in [-0.4, -0.2) is 45.4 Å². The number of rotatable bonds is 6. The molecule has 1 saturated heterocycles. The molecule has 0 aliphatic carbocycles. The van der Waals surface area contributed by atoms with Crippen molar-refractivity contribution in [3.05, 3.63) is 47.3 Å². The standard InChI is InChI=1S/C20H29N5O/c1-15(2)11-21-20(26)19-14-25(23-22-19)18-9-6-10-24(13-18)12-17-8-5-4-7-16(17)3/h4-5,7-8,14-15,18H,6,9-13H2,1-3H3,(H,21,26). The van der Waals surface area contributed by atoms with Gasteiger partial charge in [-0.15, -0.1) is 5.10 Å². The summed E-state index contributed by atoms with van der Waals surface area (Å²) in [6.45, 7) is 9.95. The zero-order chi connectivity index (χ0) is 18.5. The molecule has 1 aromatic heterocycles. The summed E-state index contributed by atoms with van der Waals surface area (Å²) in [5, 5.41) is 11.2. The number of nitrogens with zero attached hydrogens (tertiary/aromatic N) is 4. The number of carbonyl (C=O) groups excluding carboxylic acids is 1. The van der Waals surface area contributed by atoms with E-state index in [0.717, 1.165) is 32.5 Å². The fraction of sp³-hybridized carbons (Fsp3) is 0.550. The highest BCUT2D eigenvalue weighted by atomic mass is 16.2. The lowest BCUT2D eigenvalue weighted by Gasteiger charge is -2.32. The summed E-state index contributed by atoms with van der Waals surface area (Å²) >= 11 is 0. The molecule has 26 heavy (non-hydrogen) atoms. The number of hydrogen-bond acceptors (Lipinski definition) is 4. The first-order chi connectivity index (χ1) is 12.5. The van der Waals surface area contributed by atoms with Crippen LogP contribution in [0.15, 0.2) is 30.5 Å². The fourth-order valence-corrected chi connectivity index (χ4v) is 3.37. The highest BCUT2D eigenvalue weighted by molar-refractivity contribution is 5.91. The molecule has 1 aliphatic rings. The van der Waals surface area contributed by atoms with Gasteiger partial charge in [0.25, 0.3) is 5.91 Å². The Morgan fingerprint density at radius 3 is 2.92 bits per heavy atom. The third-order valence-corrected chi connectivity index (χ3v) is 4.92. The third kappa shape index (κ3) is 4.69. The summed E-state index contributed by atoms with van der Waals surface area (Å²) < 4.78 is 1.87. The molecule has 1 aromatic carbocycles. The van der Waals surface area contributed by atoms with Gasteiger partial charge < -0.3 is 5.32 Å². The second-order valence-corrected chi connectivity index (χ2v) is 7.65. The van der Waals surface area contributed by atoms with Gasteiger partial charge in [0, 0.05) is 19.6 Å². The van der Waals surface area contributed by atoms with Crippen LogP contribution in [0.5, 0.6) is 0 Å². The maximum absolute atomic E-state index is 12.2. The molecule has 6 nitrogen and oxygen atoms in total. The van der Waals surface area contributed by atoms with Gasteiger partial charge in [-0.25, -0.2) is 4.68 Å². The number of nitrogens with one attached hydrogen (secondary N) is 1. The largest absolute Gasteiger partial charge is 0.350 e. The molecule has 0 spiro atoms. The van der Waals surface area contributed by atoms with Gasteiger partial charge >= 0.3 is 0 Å².